The van der Waals surface area contributed by atoms with E-state index >= 15 is 0 Å². The lowest BCUT2D eigenvalue weighted by Gasteiger charge is -2.14. The van der Waals surface area contributed by atoms with Gasteiger partial charge in [0.15, 0.2) is 0 Å². The summed E-state index contributed by atoms with van der Waals surface area (Å²) < 4.78 is 0. The summed E-state index contributed by atoms with van der Waals surface area (Å²) in [4.78, 5) is 4.81. The van der Waals surface area contributed by atoms with Crippen molar-refractivity contribution in [3.63, 3.8) is 0 Å². The van der Waals surface area contributed by atoms with Gasteiger partial charge in [-0.1, -0.05) is 12.1 Å². The maximum atomic E-state index is 3.50. The van der Waals surface area contributed by atoms with E-state index in [0.29, 0.717) is 0 Å². The first-order chi connectivity index (χ1) is 10.2. The largest absolute Gasteiger partial charge is 0.380 e. The first kappa shape index (κ1) is 14.2. The zero-order valence-electron chi connectivity index (χ0n) is 12.2. The minimum absolute atomic E-state index is 0.868. The van der Waals surface area contributed by atoms with Crippen LogP contribution in [0.15, 0.2) is 53.2 Å². The molecule has 0 unspecified atom stereocenters. The molecule has 0 saturated carbocycles. The predicted molar refractivity (Wildman–Crippen MR) is 95.7 cm³/mol. The van der Waals surface area contributed by atoms with Crippen LogP contribution in [0.3, 0.4) is 0 Å². The van der Waals surface area contributed by atoms with Crippen molar-refractivity contribution in [2.45, 2.75) is 6.54 Å². The molecule has 4 heteroatoms. The molecular formula is C17H18N2S2. The molecule has 1 aromatic carbocycles. The molecule has 3 rings (SSSR count). The van der Waals surface area contributed by atoms with Gasteiger partial charge in [-0.05, 0) is 41.1 Å². The van der Waals surface area contributed by atoms with Crippen molar-refractivity contribution in [1.82, 2.24) is 0 Å². The van der Waals surface area contributed by atoms with Crippen molar-refractivity contribution in [2.75, 3.05) is 24.3 Å². The van der Waals surface area contributed by atoms with Crippen LogP contribution in [-0.2, 0) is 6.54 Å². The number of rotatable bonds is 5. The molecule has 21 heavy (non-hydrogen) atoms. The van der Waals surface area contributed by atoms with E-state index in [-0.39, 0.29) is 0 Å². The second-order valence-electron chi connectivity index (χ2n) is 5.08. The van der Waals surface area contributed by atoms with Crippen LogP contribution in [0, 0.1) is 0 Å². The summed E-state index contributed by atoms with van der Waals surface area (Å²) in [6, 6.07) is 15.0. The zero-order valence-corrected chi connectivity index (χ0v) is 13.8. The Morgan fingerprint density at radius 1 is 1.05 bits per heavy atom. The van der Waals surface area contributed by atoms with Gasteiger partial charge in [-0.25, -0.2) is 0 Å². The van der Waals surface area contributed by atoms with E-state index in [4.69, 9.17) is 0 Å². The third-order valence-electron chi connectivity index (χ3n) is 3.29. The lowest BCUT2D eigenvalue weighted by Crippen LogP contribution is -2.08. The number of hydrogen-bond acceptors (Lipinski definition) is 4. The summed E-state index contributed by atoms with van der Waals surface area (Å²) in [5.41, 5.74) is 3.70. The second kappa shape index (κ2) is 6.33. The molecule has 0 aliphatic rings. The second-order valence-corrected chi connectivity index (χ2v) is 7.02. The molecule has 2 heterocycles. The van der Waals surface area contributed by atoms with Crippen molar-refractivity contribution >= 4 is 34.0 Å². The van der Waals surface area contributed by atoms with Gasteiger partial charge in [0.25, 0.3) is 0 Å². The van der Waals surface area contributed by atoms with Gasteiger partial charge in [0.2, 0.25) is 0 Å². The van der Waals surface area contributed by atoms with E-state index < -0.39 is 0 Å². The maximum absolute atomic E-state index is 3.50. The average molecular weight is 314 g/mol. The average Bonchev–Trinajstić information content (AvgIpc) is 3.16. The van der Waals surface area contributed by atoms with E-state index in [1.54, 1.807) is 11.3 Å². The van der Waals surface area contributed by atoms with Gasteiger partial charge in [-0.2, -0.15) is 0 Å². The first-order valence-electron chi connectivity index (χ1n) is 6.85. The molecule has 0 amide bonds. The highest BCUT2D eigenvalue weighted by Crippen LogP contribution is 2.29. The Kier molecular flexibility index (Phi) is 4.27. The van der Waals surface area contributed by atoms with Gasteiger partial charge in [0, 0.05) is 47.3 Å². The molecule has 108 valence electrons. The van der Waals surface area contributed by atoms with E-state index in [1.165, 1.54) is 21.0 Å². The summed E-state index contributed by atoms with van der Waals surface area (Å²) in [6.45, 7) is 0.868. The minimum atomic E-state index is 0.868. The number of anilines is 2. The Morgan fingerprint density at radius 2 is 1.95 bits per heavy atom. The van der Waals surface area contributed by atoms with Gasteiger partial charge >= 0.3 is 0 Å². The highest BCUT2D eigenvalue weighted by molar-refractivity contribution is 7.14. The fourth-order valence-electron chi connectivity index (χ4n) is 2.13. The number of nitrogens with one attached hydrogen (secondary N) is 1. The molecule has 3 aromatic rings. The summed E-state index contributed by atoms with van der Waals surface area (Å²) in [5, 5.41) is 7.86. The van der Waals surface area contributed by atoms with Crippen LogP contribution in [0.4, 0.5) is 11.4 Å². The fourth-order valence-corrected chi connectivity index (χ4v) is 3.74. The Balaban J connectivity index is 1.67. The molecular weight excluding hydrogens is 296 g/mol. The Labute approximate surface area is 133 Å². The molecule has 0 spiro atoms. The molecule has 2 nitrogen and oxygen atoms in total. The Bertz CT molecular complexity index is 699. The van der Waals surface area contributed by atoms with Crippen molar-refractivity contribution in [3.8, 4) is 10.4 Å². The van der Waals surface area contributed by atoms with Crippen molar-refractivity contribution < 1.29 is 0 Å². The van der Waals surface area contributed by atoms with Gasteiger partial charge in [0.05, 0.1) is 0 Å². The van der Waals surface area contributed by atoms with Crippen LogP contribution in [0.25, 0.3) is 10.4 Å². The highest BCUT2D eigenvalue weighted by atomic mass is 32.1. The number of thiophene rings is 2. The van der Waals surface area contributed by atoms with Crippen LogP contribution >= 0.6 is 22.7 Å². The summed E-state index contributed by atoms with van der Waals surface area (Å²) in [7, 11) is 4.12. The standard InChI is InChI=1S/C17H18N2S2/c1-19(2)15-6-3-5-14(10-15)18-11-16-9-13(12-21-16)17-7-4-8-20-17/h3-10,12,18H,11H2,1-2H3. The van der Waals surface area contributed by atoms with Crippen LogP contribution in [0.2, 0.25) is 0 Å². The third-order valence-corrected chi connectivity index (χ3v) is 5.14. The molecule has 0 fully saturated rings. The highest BCUT2D eigenvalue weighted by Gasteiger charge is 2.04. The summed E-state index contributed by atoms with van der Waals surface area (Å²) in [6.07, 6.45) is 0. The van der Waals surface area contributed by atoms with E-state index in [2.05, 4.69) is 77.5 Å². The monoisotopic (exact) mass is 314 g/mol. The van der Waals surface area contributed by atoms with Crippen molar-refractivity contribution in [3.05, 3.63) is 58.1 Å². The quantitative estimate of drug-likeness (QED) is 0.700. The van der Waals surface area contributed by atoms with Crippen LogP contribution in [0.1, 0.15) is 4.88 Å². The van der Waals surface area contributed by atoms with Crippen LogP contribution in [0.5, 0.6) is 0 Å². The molecule has 0 bridgehead atoms. The molecule has 0 atom stereocenters. The van der Waals surface area contributed by atoms with Crippen molar-refractivity contribution in [1.29, 1.82) is 0 Å². The van der Waals surface area contributed by atoms with Crippen LogP contribution in [-0.4, -0.2) is 14.1 Å². The van der Waals surface area contributed by atoms with Gasteiger partial charge in [-0.15, -0.1) is 22.7 Å². The molecule has 2 aromatic heterocycles. The van der Waals surface area contributed by atoms with Crippen molar-refractivity contribution in [2.24, 2.45) is 0 Å². The minimum Gasteiger partial charge on any atom is -0.380 e. The van der Waals surface area contributed by atoms with Gasteiger partial charge < -0.3 is 10.2 Å². The molecule has 0 aliphatic carbocycles. The fraction of sp³-hybridized carbons (Fsp3) is 0.176. The van der Waals surface area contributed by atoms with E-state index in [0.717, 1.165) is 12.2 Å². The van der Waals surface area contributed by atoms with Gasteiger partial charge in [-0.3, -0.25) is 0 Å². The maximum Gasteiger partial charge on any atom is 0.0494 e. The van der Waals surface area contributed by atoms with Gasteiger partial charge in [0.1, 0.15) is 0 Å². The lowest BCUT2D eigenvalue weighted by molar-refractivity contribution is 1.12. The smallest absolute Gasteiger partial charge is 0.0494 e. The molecule has 1 N–H and O–H groups in total. The number of hydrogen-bond donors (Lipinski definition) is 1. The van der Waals surface area contributed by atoms with Crippen LogP contribution < -0.4 is 10.2 Å². The summed E-state index contributed by atoms with van der Waals surface area (Å²) >= 11 is 3.60. The number of benzene rings is 1. The van der Waals surface area contributed by atoms with E-state index in [1.807, 2.05) is 11.3 Å². The van der Waals surface area contributed by atoms with E-state index in [9.17, 15) is 0 Å². The zero-order chi connectivity index (χ0) is 14.7. The predicted octanol–water partition coefficient (Wildman–Crippen LogP) is 5.15. The first-order valence-corrected chi connectivity index (χ1v) is 8.61. The SMILES string of the molecule is CN(C)c1cccc(NCc2cc(-c3cccs3)cs2)c1. The third kappa shape index (κ3) is 3.46. The lowest BCUT2D eigenvalue weighted by atomic mass is 10.2. The summed E-state index contributed by atoms with van der Waals surface area (Å²) in [5.74, 6) is 0. The number of nitrogens with zero attached hydrogens (tertiary/aromatic N) is 1. The molecule has 0 radical (unpaired) electrons. The topological polar surface area (TPSA) is 15.3 Å². The Morgan fingerprint density at radius 3 is 2.71 bits per heavy atom. The Hall–Kier alpha value is -1.78. The molecule has 0 saturated heterocycles. The molecule has 0 aliphatic heterocycles. The normalized spacial score (nSPS) is 10.6.